The molecule has 1 heterocycles. The predicted molar refractivity (Wildman–Crippen MR) is 75.5 cm³/mol. The average Bonchev–Trinajstić information content (AvgIpc) is 2.43. The first-order valence-corrected chi connectivity index (χ1v) is 5.90. The number of nitrogens with zero attached hydrogens (tertiary/aromatic N) is 3. The maximum Gasteiger partial charge on any atom is 0.288 e. The lowest BCUT2D eigenvalue weighted by atomic mass is 10.0. The van der Waals surface area contributed by atoms with Gasteiger partial charge in [0.05, 0.1) is 11.1 Å². The van der Waals surface area contributed by atoms with Crippen LogP contribution in [-0.2, 0) is 7.05 Å². The molecule has 4 heteroatoms. The summed E-state index contributed by atoms with van der Waals surface area (Å²) in [5.41, 5.74) is 10.0. The van der Waals surface area contributed by atoms with Crippen molar-refractivity contribution in [1.82, 2.24) is 4.57 Å². The quantitative estimate of drug-likeness (QED) is 0.282. The monoisotopic (exact) mass is 249 g/mol. The van der Waals surface area contributed by atoms with Gasteiger partial charge in [-0.2, -0.15) is 4.79 Å². The molecule has 0 unspecified atom stereocenters. The molecule has 0 bridgehead atoms. The first kappa shape index (κ1) is 11.4. The third-order valence-electron chi connectivity index (χ3n) is 3.34. The van der Waals surface area contributed by atoms with Crippen molar-refractivity contribution in [3.8, 4) is 0 Å². The Morgan fingerprint density at radius 1 is 1.16 bits per heavy atom. The van der Waals surface area contributed by atoms with Gasteiger partial charge in [0.15, 0.2) is 0 Å². The summed E-state index contributed by atoms with van der Waals surface area (Å²) >= 11 is 0. The Bertz CT molecular complexity index is 902. The number of aryl methyl sites for hydroxylation is 1. The minimum atomic E-state index is -0.127. The Morgan fingerprint density at radius 2 is 1.84 bits per heavy atom. The molecule has 0 atom stereocenters. The second kappa shape index (κ2) is 4.19. The van der Waals surface area contributed by atoms with Crippen LogP contribution in [0.2, 0.25) is 0 Å². The van der Waals surface area contributed by atoms with E-state index >= 15 is 0 Å². The van der Waals surface area contributed by atoms with E-state index in [4.69, 9.17) is 5.53 Å². The van der Waals surface area contributed by atoms with Crippen LogP contribution in [0, 0.1) is 0 Å². The van der Waals surface area contributed by atoms with Gasteiger partial charge in [-0.15, -0.1) is 0 Å². The number of hydrogen-bond donors (Lipinski definition) is 0. The van der Waals surface area contributed by atoms with Gasteiger partial charge in [-0.05, 0) is 22.9 Å². The summed E-state index contributed by atoms with van der Waals surface area (Å²) in [6.07, 6.45) is 1.29. The molecule has 0 fully saturated rings. The number of fused-ring (bicyclic) bond motifs is 2. The fourth-order valence-corrected chi connectivity index (χ4v) is 2.33. The first-order valence-electron chi connectivity index (χ1n) is 5.90. The summed E-state index contributed by atoms with van der Waals surface area (Å²) in [6.45, 7) is 0. The molecular weight excluding hydrogens is 238 g/mol. The number of pyridine rings is 1. The van der Waals surface area contributed by atoms with E-state index in [1.54, 1.807) is 11.6 Å². The smallest absolute Gasteiger partial charge is 0.288 e. The first-order chi connectivity index (χ1) is 9.20. The van der Waals surface area contributed by atoms with Crippen molar-refractivity contribution in [2.75, 3.05) is 0 Å². The average molecular weight is 249 g/mol. The largest absolute Gasteiger partial charge is 0.361 e. The minimum absolute atomic E-state index is 0.127. The van der Waals surface area contributed by atoms with Gasteiger partial charge >= 0.3 is 0 Å². The van der Waals surface area contributed by atoms with Gasteiger partial charge in [-0.3, -0.25) is 4.79 Å². The Balaban J connectivity index is 2.58. The zero-order valence-electron chi connectivity index (χ0n) is 10.4. The van der Waals surface area contributed by atoms with E-state index in [0.717, 1.165) is 21.7 Å². The third-order valence-corrected chi connectivity index (χ3v) is 3.34. The van der Waals surface area contributed by atoms with Crippen LogP contribution in [0.3, 0.4) is 0 Å². The molecule has 4 nitrogen and oxygen atoms in total. The van der Waals surface area contributed by atoms with Crippen LogP contribution < -0.4 is 5.56 Å². The molecule has 0 saturated heterocycles. The second-order valence-electron chi connectivity index (χ2n) is 4.46. The van der Waals surface area contributed by atoms with E-state index in [1.165, 1.54) is 12.3 Å². The summed E-state index contributed by atoms with van der Waals surface area (Å²) in [4.78, 5) is 14.9. The molecular formula is C15H11N3O. The highest BCUT2D eigenvalue weighted by atomic mass is 16.1. The maximum absolute atomic E-state index is 11.9. The van der Waals surface area contributed by atoms with Crippen LogP contribution in [0.15, 0.2) is 47.3 Å². The summed E-state index contributed by atoms with van der Waals surface area (Å²) in [7, 11) is 1.74. The van der Waals surface area contributed by atoms with Crippen molar-refractivity contribution in [3.05, 3.63) is 63.9 Å². The number of aromatic nitrogens is 1. The van der Waals surface area contributed by atoms with E-state index in [-0.39, 0.29) is 5.56 Å². The van der Waals surface area contributed by atoms with E-state index in [0.29, 0.717) is 5.56 Å². The zero-order valence-corrected chi connectivity index (χ0v) is 10.4. The SMILES string of the molecule is Cn1c(=O)cc(C=[N+]=[N-])c2cc3ccccc3cc21. The van der Waals surface area contributed by atoms with E-state index in [9.17, 15) is 4.79 Å². The molecule has 0 aliphatic rings. The normalized spacial score (nSPS) is 10.6. The summed E-state index contributed by atoms with van der Waals surface area (Å²) in [6, 6.07) is 13.4. The van der Waals surface area contributed by atoms with Crippen LogP contribution in [-0.4, -0.2) is 15.6 Å². The van der Waals surface area contributed by atoms with E-state index < -0.39 is 0 Å². The van der Waals surface area contributed by atoms with Gasteiger partial charge in [0.1, 0.15) is 0 Å². The lowest BCUT2D eigenvalue weighted by Crippen LogP contribution is -2.17. The molecule has 0 radical (unpaired) electrons. The molecule has 19 heavy (non-hydrogen) atoms. The van der Waals surface area contributed by atoms with E-state index in [1.807, 2.05) is 36.4 Å². The van der Waals surface area contributed by atoms with Gasteiger partial charge in [0.25, 0.3) is 11.8 Å². The van der Waals surface area contributed by atoms with E-state index in [2.05, 4.69) is 4.79 Å². The number of benzene rings is 2. The summed E-state index contributed by atoms with van der Waals surface area (Å²) < 4.78 is 1.59. The van der Waals surface area contributed by atoms with Gasteiger partial charge < -0.3 is 10.1 Å². The lowest BCUT2D eigenvalue weighted by Gasteiger charge is -2.07. The van der Waals surface area contributed by atoms with Crippen molar-refractivity contribution in [1.29, 1.82) is 0 Å². The third kappa shape index (κ3) is 1.75. The van der Waals surface area contributed by atoms with Crippen molar-refractivity contribution >= 4 is 27.9 Å². The van der Waals surface area contributed by atoms with Crippen LogP contribution in [0.4, 0.5) is 0 Å². The lowest BCUT2D eigenvalue weighted by molar-refractivity contribution is 0.00465. The fraction of sp³-hybridized carbons (Fsp3) is 0.0667. The Hall–Kier alpha value is -2.71. The second-order valence-corrected chi connectivity index (χ2v) is 4.46. The molecule has 0 saturated carbocycles. The van der Waals surface area contributed by atoms with Crippen LogP contribution in [0.5, 0.6) is 0 Å². The highest BCUT2D eigenvalue weighted by Crippen LogP contribution is 2.23. The predicted octanol–water partition coefficient (Wildman–Crippen LogP) is 2.34. The molecule has 0 N–H and O–H groups in total. The van der Waals surface area contributed by atoms with Crippen molar-refractivity contribution in [2.45, 2.75) is 0 Å². The summed E-state index contributed by atoms with van der Waals surface area (Å²) in [5.74, 6) is 0. The Morgan fingerprint density at radius 3 is 2.53 bits per heavy atom. The van der Waals surface area contributed by atoms with Crippen molar-refractivity contribution in [2.24, 2.45) is 7.05 Å². The molecule has 3 aromatic rings. The number of rotatable bonds is 1. The number of hydrogen-bond acceptors (Lipinski definition) is 1. The molecule has 0 spiro atoms. The van der Waals surface area contributed by atoms with Crippen molar-refractivity contribution < 1.29 is 4.79 Å². The molecule has 0 amide bonds. The van der Waals surface area contributed by atoms with Gasteiger partial charge in [-0.25, -0.2) is 0 Å². The Labute approximate surface area is 109 Å². The molecule has 0 aliphatic heterocycles. The fourth-order valence-electron chi connectivity index (χ4n) is 2.33. The van der Waals surface area contributed by atoms with Gasteiger partial charge in [0.2, 0.25) is 0 Å². The maximum atomic E-state index is 11.9. The van der Waals surface area contributed by atoms with Gasteiger partial charge in [0, 0.05) is 18.5 Å². The van der Waals surface area contributed by atoms with Crippen LogP contribution >= 0.6 is 0 Å². The van der Waals surface area contributed by atoms with Crippen LogP contribution in [0.25, 0.3) is 27.2 Å². The highest BCUT2D eigenvalue weighted by molar-refractivity contribution is 6.03. The van der Waals surface area contributed by atoms with Gasteiger partial charge in [-0.1, -0.05) is 24.3 Å². The summed E-state index contributed by atoms with van der Waals surface area (Å²) in [5, 5.41) is 3.04. The van der Waals surface area contributed by atoms with Crippen LogP contribution in [0.1, 0.15) is 5.56 Å². The Kier molecular flexibility index (Phi) is 2.51. The molecule has 1 aromatic heterocycles. The topological polar surface area (TPSA) is 58.4 Å². The molecule has 3 rings (SSSR count). The molecule has 92 valence electrons. The zero-order chi connectivity index (χ0) is 13.4. The highest BCUT2D eigenvalue weighted by Gasteiger charge is 2.08. The molecule has 2 aromatic carbocycles. The van der Waals surface area contributed by atoms with Crippen molar-refractivity contribution in [3.63, 3.8) is 0 Å². The standard InChI is InChI=1S/C15H11N3O/c1-18-14-7-11-5-3-2-4-10(11)6-13(14)12(9-17-16)8-15(18)19/h2-9H,1H3. The molecule has 0 aliphatic carbocycles. The minimum Gasteiger partial charge on any atom is -0.361 e.